The number of aromatic nitrogens is 4. The van der Waals surface area contributed by atoms with Crippen LogP contribution in [0.4, 0.5) is 11.6 Å². The van der Waals surface area contributed by atoms with Gasteiger partial charge in [-0.3, -0.25) is 19.4 Å². The van der Waals surface area contributed by atoms with Crippen LogP contribution in [0.1, 0.15) is 28.9 Å². The van der Waals surface area contributed by atoms with Crippen molar-refractivity contribution in [3.63, 3.8) is 0 Å². The molecule has 13 heteroatoms. The van der Waals surface area contributed by atoms with Gasteiger partial charge >= 0.3 is 11.9 Å². The van der Waals surface area contributed by atoms with E-state index in [0.29, 0.717) is 11.4 Å². The smallest absolute Gasteiger partial charge is 0.326 e. The molecule has 32 heavy (non-hydrogen) atoms. The number of rotatable bonds is 9. The minimum atomic E-state index is -1.31. The summed E-state index contributed by atoms with van der Waals surface area (Å²) in [6, 6.07) is 4.86. The average molecular weight is 451 g/mol. The number of carbonyl (C=O) groups is 3. The molecule has 3 aromatic rings. The van der Waals surface area contributed by atoms with Gasteiger partial charge in [-0.2, -0.15) is 4.98 Å². The Bertz CT molecular complexity index is 1230. The second kappa shape index (κ2) is 9.51. The number of carboxylic acid groups (broad SMARTS) is 2. The third-order valence-electron chi connectivity index (χ3n) is 4.36. The molecule has 13 nitrogen and oxygen atoms in total. The number of anilines is 2. The van der Waals surface area contributed by atoms with Gasteiger partial charge in [0.1, 0.15) is 6.04 Å². The molecule has 7 N–H and O–H groups in total. The van der Waals surface area contributed by atoms with Gasteiger partial charge in [0.15, 0.2) is 11.2 Å². The van der Waals surface area contributed by atoms with Crippen molar-refractivity contribution < 1.29 is 24.6 Å². The van der Waals surface area contributed by atoms with Crippen LogP contribution in [0.25, 0.3) is 11.2 Å². The lowest BCUT2D eigenvalue weighted by Crippen LogP contribution is -2.41. The summed E-state index contributed by atoms with van der Waals surface area (Å²) in [6.45, 7) is 0.231. The summed E-state index contributed by atoms with van der Waals surface area (Å²) in [4.78, 5) is 60.6. The van der Waals surface area contributed by atoms with Crippen LogP contribution in [0.5, 0.6) is 0 Å². The highest BCUT2D eigenvalue weighted by Crippen LogP contribution is 2.12. The van der Waals surface area contributed by atoms with Crippen LogP contribution in [-0.2, 0) is 16.1 Å². The fourth-order valence-corrected chi connectivity index (χ4v) is 2.75. The number of hydrogen-bond acceptors (Lipinski definition) is 9. The van der Waals surface area contributed by atoms with E-state index in [2.05, 4.69) is 30.6 Å². The highest BCUT2D eigenvalue weighted by molar-refractivity contribution is 5.96. The second-order valence-electron chi connectivity index (χ2n) is 6.71. The average Bonchev–Trinajstić information content (AvgIpc) is 2.75. The molecule has 0 fully saturated rings. The molecule has 2 heterocycles. The zero-order valence-electron chi connectivity index (χ0n) is 16.5. The minimum absolute atomic E-state index is 0.0524. The zero-order valence-corrected chi connectivity index (χ0v) is 16.5. The summed E-state index contributed by atoms with van der Waals surface area (Å²) >= 11 is 0. The van der Waals surface area contributed by atoms with Crippen molar-refractivity contribution in [1.82, 2.24) is 25.3 Å². The predicted octanol–water partition coefficient (Wildman–Crippen LogP) is -0.0448. The number of carbonyl (C=O) groups excluding carboxylic acids is 1. The molecule has 2 aromatic heterocycles. The van der Waals surface area contributed by atoms with E-state index in [0.717, 1.165) is 0 Å². The fourth-order valence-electron chi connectivity index (χ4n) is 2.75. The van der Waals surface area contributed by atoms with Crippen LogP contribution in [0, 0.1) is 0 Å². The number of carboxylic acids is 2. The fraction of sp³-hybridized carbons (Fsp3) is 0.211. The first-order chi connectivity index (χ1) is 15.2. The van der Waals surface area contributed by atoms with Gasteiger partial charge in [-0.05, 0) is 30.7 Å². The Morgan fingerprint density at radius 1 is 1.12 bits per heavy atom. The maximum absolute atomic E-state index is 12.3. The Balaban J connectivity index is 1.62. The first-order valence-electron chi connectivity index (χ1n) is 9.33. The Hall–Kier alpha value is -4.55. The lowest BCUT2D eigenvalue weighted by atomic mass is 10.4. The molecule has 0 aliphatic rings. The van der Waals surface area contributed by atoms with Crippen molar-refractivity contribution in [1.29, 1.82) is 0 Å². The summed E-state index contributed by atoms with van der Waals surface area (Å²) in [6.07, 6.45) is 0.840. The van der Waals surface area contributed by atoms with Crippen LogP contribution in [-0.4, -0.2) is 54.0 Å². The lowest BCUT2D eigenvalue weighted by Gasteiger charge is -2.14. The van der Waals surface area contributed by atoms with Crippen LogP contribution in [0.2, 0.25) is 0 Å². The van der Waals surface area contributed by atoms with Gasteiger partial charge in [0, 0.05) is 17.7 Å². The number of fused-ring (bicyclic) bond motifs is 1. The molecule has 0 aliphatic carbocycles. The van der Waals surface area contributed by atoms with Gasteiger partial charge in [-0.1, -0.05) is 0 Å². The number of benzene rings is 1. The quantitative estimate of drug-likeness (QED) is 0.237. The highest BCUT2D eigenvalue weighted by Gasteiger charge is 2.21. The van der Waals surface area contributed by atoms with Crippen LogP contribution in [0.3, 0.4) is 0 Å². The predicted molar refractivity (Wildman–Crippen MR) is 112 cm³/mol. The Kier molecular flexibility index (Phi) is 6.58. The number of hydrogen-bond donors (Lipinski definition) is 6. The lowest BCUT2D eigenvalue weighted by molar-refractivity contribution is -0.140. The molecule has 0 saturated carbocycles. The monoisotopic (exact) mass is 451 g/mol. The number of nitrogen functional groups attached to an aromatic ring is 1. The third kappa shape index (κ3) is 5.53. The number of nitrogens with one attached hydrogen (secondary N) is 3. The molecular weight excluding hydrogens is 432 g/mol. The maximum atomic E-state index is 12.3. The number of aromatic amines is 1. The van der Waals surface area contributed by atoms with E-state index in [1.165, 1.54) is 18.3 Å². The normalized spacial score (nSPS) is 11.6. The third-order valence-corrected chi connectivity index (χ3v) is 4.36. The van der Waals surface area contributed by atoms with E-state index in [1.807, 2.05) is 0 Å². The van der Waals surface area contributed by atoms with Gasteiger partial charge < -0.3 is 26.6 Å². The van der Waals surface area contributed by atoms with Crippen LogP contribution >= 0.6 is 0 Å². The summed E-state index contributed by atoms with van der Waals surface area (Å²) in [5.74, 6) is -3.16. The first-order valence-corrected chi connectivity index (χ1v) is 9.33. The maximum Gasteiger partial charge on any atom is 0.326 e. The molecule has 1 amide bonds. The standard InChI is InChI=1S/C19H19N7O6/c20-19-25-15-14(17(30)26-19)23-11(8-22-15)7-21-10-3-1-9(2-4-10)16(29)24-12(18(31)32)5-6-13(27)28/h1-4,8,12,21H,5-7H2,(H,24,29)(H,27,28)(H,31,32)(H3,20,22,25,26,30)/t12-/m0/s1/i1+1,2+1,3+1,4+1,5+1,6+1,10+1,12+1,13+1,18+1. The Labute approximate surface area is 179 Å². The largest absolute Gasteiger partial charge is 0.481 e. The van der Waals surface area contributed by atoms with Crippen molar-refractivity contribution >= 4 is 40.6 Å². The van der Waals surface area contributed by atoms with Gasteiger partial charge in [0.05, 0.1) is 18.4 Å². The van der Waals surface area contributed by atoms with E-state index in [4.69, 9.17) is 15.9 Å². The SMILES string of the molecule is Nc1nc2ncc(CN[13c]3[13cH][13cH]c(C(=O)N[13C@@H]([13CH2][13CH2][13C](=O)O)[13C](=O)O)[13cH][13cH]3)nc2c(=O)[nH]1. The Morgan fingerprint density at radius 2 is 1.84 bits per heavy atom. The molecule has 166 valence electrons. The van der Waals surface area contributed by atoms with E-state index in [9.17, 15) is 19.2 Å². The minimum Gasteiger partial charge on any atom is -0.481 e. The summed E-state index contributed by atoms with van der Waals surface area (Å²) in [5, 5.41) is 23.2. The van der Waals surface area contributed by atoms with Crippen molar-refractivity contribution in [2.75, 3.05) is 11.1 Å². The molecule has 1 aromatic carbocycles. The van der Waals surface area contributed by atoms with Crippen molar-refractivity contribution in [3.8, 4) is 0 Å². The van der Waals surface area contributed by atoms with Gasteiger partial charge in [-0.25, -0.2) is 14.8 Å². The number of aliphatic carboxylic acids is 2. The molecule has 0 aliphatic heterocycles. The van der Waals surface area contributed by atoms with Crippen molar-refractivity contribution in [2.24, 2.45) is 0 Å². The first kappa shape index (κ1) is 22.1. The van der Waals surface area contributed by atoms with Gasteiger partial charge in [0.2, 0.25) is 5.95 Å². The summed E-state index contributed by atoms with van der Waals surface area (Å²) in [5.41, 5.74) is 6.47. The molecule has 0 unspecified atom stereocenters. The summed E-state index contributed by atoms with van der Waals surface area (Å²) in [7, 11) is 0. The number of amides is 1. The topological polar surface area (TPSA) is 213 Å². The van der Waals surface area contributed by atoms with E-state index in [-0.39, 0.29) is 42.1 Å². The molecule has 0 radical (unpaired) electrons. The summed E-state index contributed by atoms with van der Waals surface area (Å²) < 4.78 is 0. The molecule has 1 atom stereocenters. The molecule has 0 bridgehead atoms. The highest BCUT2D eigenvalue weighted by atomic mass is 16.5. The molecule has 0 saturated heterocycles. The van der Waals surface area contributed by atoms with Gasteiger partial charge in [-0.15, -0.1) is 0 Å². The number of H-pyrrole nitrogens is 1. The molecule has 3 rings (SSSR count). The molecular formula is C19H19N7O6. The van der Waals surface area contributed by atoms with Crippen molar-refractivity contribution in [2.45, 2.75) is 25.4 Å². The number of nitrogens with two attached hydrogens (primary N) is 1. The molecule has 0 spiro atoms. The van der Waals surface area contributed by atoms with Gasteiger partial charge in [0.25, 0.3) is 11.5 Å². The van der Waals surface area contributed by atoms with Crippen LogP contribution in [0.15, 0.2) is 35.3 Å². The van der Waals surface area contributed by atoms with Crippen molar-refractivity contribution in [3.05, 3.63) is 52.1 Å². The van der Waals surface area contributed by atoms with E-state index < -0.39 is 29.4 Å². The van der Waals surface area contributed by atoms with Crippen LogP contribution < -0.4 is 21.9 Å². The zero-order chi connectivity index (χ0) is 23.3. The van der Waals surface area contributed by atoms with E-state index >= 15 is 0 Å². The Morgan fingerprint density at radius 3 is 2.50 bits per heavy atom. The van der Waals surface area contributed by atoms with E-state index in [1.54, 1.807) is 12.1 Å². The number of nitrogens with zero attached hydrogens (tertiary/aromatic N) is 3. The second-order valence-corrected chi connectivity index (χ2v) is 6.71.